The Balaban J connectivity index is 1.70. The Bertz CT molecular complexity index is 842. The molecule has 24 heavy (non-hydrogen) atoms. The smallest absolute Gasteiger partial charge is 0.131 e. The molecular formula is C17H16Cl2N2OS2. The highest BCUT2D eigenvalue weighted by molar-refractivity contribution is 7.20. The van der Waals surface area contributed by atoms with Gasteiger partial charge in [0.15, 0.2) is 0 Å². The summed E-state index contributed by atoms with van der Waals surface area (Å²) in [4.78, 5) is 6.79. The normalized spacial score (nSPS) is 18.2. The first-order valence-electron chi connectivity index (χ1n) is 7.88. The van der Waals surface area contributed by atoms with Crippen LogP contribution in [0.15, 0.2) is 23.6 Å². The minimum atomic E-state index is 0.0781. The first-order valence-corrected chi connectivity index (χ1v) is 10.3. The fourth-order valence-electron chi connectivity index (χ4n) is 2.91. The molecule has 1 atom stereocenters. The summed E-state index contributed by atoms with van der Waals surface area (Å²) in [6, 6.07) is 6.04. The van der Waals surface area contributed by atoms with E-state index in [-0.39, 0.29) is 6.10 Å². The topological polar surface area (TPSA) is 34.1 Å². The number of anilines is 1. The number of hydrogen-bond acceptors (Lipinski definition) is 5. The Morgan fingerprint density at radius 1 is 1.33 bits per heavy atom. The predicted molar refractivity (Wildman–Crippen MR) is 104 cm³/mol. The lowest BCUT2D eigenvalue weighted by Gasteiger charge is -2.21. The van der Waals surface area contributed by atoms with E-state index in [0.717, 1.165) is 46.8 Å². The number of rotatable bonds is 4. The first kappa shape index (κ1) is 16.6. The number of nitrogens with one attached hydrogen (secondary N) is 1. The average Bonchev–Trinajstić information content (AvgIpc) is 3.22. The summed E-state index contributed by atoms with van der Waals surface area (Å²) >= 11 is 16.2. The molecule has 1 aliphatic rings. The molecule has 0 saturated carbocycles. The Morgan fingerprint density at radius 3 is 3.00 bits per heavy atom. The van der Waals surface area contributed by atoms with Crippen LogP contribution in [-0.4, -0.2) is 11.6 Å². The van der Waals surface area contributed by atoms with Gasteiger partial charge in [0.25, 0.3) is 0 Å². The van der Waals surface area contributed by atoms with Crippen molar-refractivity contribution in [1.82, 2.24) is 4.98 Å². The number of nitrogens with zero attached hydrogens (tertiary/aromatic N) is 1. The SMILES string of the molecule is Clc1cc(NCc2cccs2)c2sc([C@@H]3CCCCO3)c(Cl)c2n1. The van der Waals surface area contributed by atoms with E-state index in [1.165, 1.54) is 11.3 Å². The van der Waals surface area contributed by atoms with E-state index in [4.69, 9.17) is 27.9 Å². The molecule has 0 unspecified atom stereocenters. The van der Waals surface area contributed by atoms with Crippen LogP contribution in [0.2, 0.25) is 10.2 Å². The Labute approximate surface area is 158 Å². The predicted octanol–water partition coefficient (Wildman–Crippen LogP) is 6.52. The van der Waals surface area contributed by atoms with Crippen LogP contribution in [0, 0.1) is 0 Å². The summed E-state index contributed by atoms with van der Waals surface area (Å²) in [5, 5.41) is 6.68. The molecule has 3 aromatic rings. The third-order valence-corrected chi connectivity index (χ3v) is 6.95. The van der Waals surface area contributed by atoms with E-state index >= 15 is 0 Å². The molecule has 3 nitrogen and oxygen atoms in total. The summed E-state index contributed by atoms with van der Waals surface area (Å²) in [5.74, 6) is 0. The third-order valence-electron chi connectivity index (χ3n) is 4.08. The van der Waals surface area contributed by atoms with Crippen LogP contribution in [0.3, 0.4) is 0 Å². The van der Waals surface area contributed by atoms with Crippen molar-refractivity contribution in [3.8, 4) is 0 Å². The molecule has 0 spiro atoms. The number of fused-ring (bicyclic) bond motifs is 1. The van der Waals surface area contributed by atoms with Crippen molar-refractivity contribution in [2.24, 2.45) is 0 Å². The number of pyridine rings is 1. The zero-order valence-electron chi connectivity index (χ0n) is 12.9. The largest absolute Gasteiger partial charge is 0.379 e. The van der Waals surface area contributed by atoms with Crippen LogP contribution in [0.25, 0.3) is 10.2 Å². The van der Waals surface area contributed by atoms with E-state index < -0.39 is 0 Å². The fraction of sp³-hybridized carbons (Fsp3) is 0.353. The highest BCUT2D eigenvalue weighted by Crippen LogP contribution is 2.45. The van der Waals surface area contributed by atoms with Crippen LogP contribution in [-0.2, 0) is 11.3 Å². The maximum Gasteiger partial charge on any atom is 0.131 e. The van der Waals surface area contributed by atoms with Gasteiger partial charge in [0.2, 0.25) is 0 Å². The fourth-order valence-corrected chi connectivity index (χ4v) is 5.38. The summed E-state index contributed by atoms with van der Waals surface area (Å²) in [7, 11) is 0. The van der Waals surface area contributed by atoms with Crippen molar-refractivity contribution in [3.05, 3.63) is 43.5 Å². The third kappa shape index (κ3) is 3.28. The molecule has 4 rings (SSSR count). The standard InChI is InChI=1S/C17H16Cl2N2OS2/c18-13-8-11(20-9-10-4-3-7-23-10)16-15(21-13)14(19)17(24-16)12-5-1-2-6-22-12/h3-4,7-8,12H,1-2,5-6,9H2,(H,20,21)/t12-/m0/s1. The van der Waals surface area contributed by atoms with E-state index in [9.17, 15) is 0 Å². The van der Waals surface area contributed by atoms with E-state index in [1.54, 1.807) is 22.7 Å². The molecule has 3 aromatic heterocycles. The Hall–Kier alpha value is -0.850. The van der Waals surface area contributed by atoms with Crippen LogP contribution in [0.5, 0.6) is 0 Å². The second-order valence-corrected chi connectivity index (χ2v) is 8.59. The average molecular weight is 399 g/mol. The minimum absolute atomic E-state index is 0.0781. The molecule has 7 heteroatoms. The molecule has 0 aromatic carbocycles. The maximum absolute atomic E-state index is 6.62. The zero-order valence-corrected chi connectivity index (χ0v) is 16.0. The van der Waals surface area contributed by atoms with Crippen LogP contribution < -0.4 is 5.32 Å². The van der Waals surface area contributed by atoms with Gasteiger partial charge in [0.05, 0.1) is 26.4 Å². The van der Waals surface area contributed by atoms with Gasteiger partial charge >= 0.3 is 0 Å². The van der Waals surface area contributed by atoms with Gasteiger partial charge in [-0.3, -0.25) is 0 Å². The number of halogens is 2. The molecule has 1 N–H and O–H groups in total. The molecule has 1 aliphatic heterocycles. The zero-order chi connectivity index (χ0) is 16.5. The van der Waals surface area contributed by atoms with Gasteiger partial charge in [-0.25, -0.2) is 4.98 Å². The van der Waals surface area contributed by atoms with E-state index in [0.29, 0.717) is 10.2 Å². The lowest BCUT2D eigenvalue weighted by molar-refractivity contribution is 0.0173. The summed E-state index contributed by atoms with van der Waals surface area (Å²) < 4.78 is 6.96. The second-order valence-electron chi connectivity index (χ2n) is 5.74. The van der Waals surface area contributed by atoms with Gasteiger partial charge < -0.3 is 10.1 Å². The van der Waals surface area contributed by atoms with Crippen molar-refractivity contribution >= 4 is 61.8 Å². The van der Waals surface area contributed by atoms with Gasteiger partial charge in [-0.1, -0.05) is 29.3 Å². The summed E-state index contributed by atoms with van der Waals surface area (Å²) in [6.07, 6.45) is 3.39. The van der Waals surface area contributed by atoms with Crippen molar-refractivity contribution in [2.75, 3.05) is 11.9 Å². The maximum atomic E-state index is 6.62. The molecule has 1 fully saturated rings. The number of aromatic nitrogens is 1. The summed E-state index contributed by atoms with van der Waals surface area (Å²) in [6.45, 7) is 1.56. The van der Waals surface area contributed by atoms with Crippen molar-refractivity contribution in [2.45, 2.75) is 31.9 Å². The molecule has 1 saturated heterocycles. The molecule has 0 radical (unpaired) electrons. The number of thiophene rings is 2. The van der Waals surface area contributed by atoms with Crippen LogP contribution in [0.4, 0.5) is 5.69 Å². The van der Waals surface area contributed by atoms with Gasteiger partial charge in [0, 0.05) is 24.1 Å². The second kappa shape index (κ2) is 7.18. The Morgan fingerprint density at radius 2 is 2.25 bits per heavy atom. The van der Waals surface area contributed by atoms with Crippen molar-refractivity contribution in [1.29, 1.82) is 0 Å². The molecular weight excluding hydrogens is 383 g/mol. The van der Waals surface area contributed by atoms with Crippen molar-refractivity contribution < 1.29 is 4.74 Å². The summed E-state index contributed by atoms with van der Waals surface area (Å²) in [5.41, 5.74) is 1.75. The Kier molecular flexibility index (Phi) is 4.97. The number of ether oxygens (including phenoxy) is 1. The highest BCUT2D eigenvalue weighted by atomic mass is 35.5. The van der Waals surface area contributed by atoms with E-state index in [2.05, 4.69) is 27.8 Å². The molecule has 0 aliphatic carbocycles. The van der Waals surface area contributed by atoms with E-state index in [1.807, 2.05) is 6.07 Å². The number of hydrogen-bond donors (Lipinski definition) is 1. The van der Waals surface area contributed by atoms with Gasteiger partial charge in [-0.2, -0.15) is 0 Å². The van der Waals surface area contributed by atoms with Gasteiger partial charge in [-0.05, 0) is 30.7 Å². The lowest BCUT2D eigenvalue weighted by Crippen LogP contribution is -2.10. The monoisotopic (exact) mass is 398 g/mol. The van der Waals surface area contributed by atoms with Gasteiger partial charge in [0.1, 0.15) is 10.7 Å². The molecule has 0 amide bonds. The molecule has 126 valence electrons. The van der Waals surface area contributed by atoms with Crippen LogP contribution >= 0.6 is 45.9 Å². The van der Waals surface area contributed by atoms with Crippen molar-refractivity contribution in [3.63, 3.8) is 0 Å². The minimum Gasteiger partial charge on any atom is -0.379 e. The van der Waals surface area contributed by atoms with Crippen LogP contribution in [0.1, 0.15) is 35.1 Å². The van der Waals surface area contributed by atoms with Gasteiger partial charge in [-0.15, -0.1) is 22.7 Å². The highest BCUT2D eigenvalue weighted by Gasteiger charge is 2.24. The quantitative estimate of drug-likeness (QED) is 0.507. The molecule has 4 heterocycles. The first-order chi connectivity index (χ1) is 11.7. The lowest BCUT2D eigenvalue weighted by atomic mass is 10.1. The molecule has 0 bridgehead atoms.